The lowest BCUT2D eigenvalue weighted by atomic mass is 10.2. The van der Waals surface area contributed by atoms with Crippen molar-refractivity contribution in [1.29, 1.82) is 0 Å². The average Bonchev–Trinajstić information content (AvgIpc) is 3.10. The largest absolute Gasteiger partial charge is 0.383 e. The second-order valence-corrected chi connectivity index (χ2v) is 5.52. The zero-order valence-corrected chi connectivity index (χ0v) is 11.9. The Morgan fingerprint density at radius 3 is 2.48 bits per heavy atom. The van der Waals surface area contributed by atoms with E-state index in [4.69, 9.17) is 5.73 Å². The Morgan fingerprint density at radius 1 is 0.952 bits per heavy atom. The number of nitrogens with zero attached hydrogens (tertiary/aromatic N) is 3. The zero-order chi connectivity index (χ0) is 14.2. The molecule has 4 aromatic rings. The van der Waals surface area contributed by atoms with Crippen LogP contribution >= 0.6 is 11.3 Å². The molecule has 21 heavy (non-hydrogen) atoms. The normalized spacial score (nSPS) is 11.0. The maximum atomic E-state index is 6.34. The van der Waals surface area contributed by atoms with Crippen molar-refractivity contribution < 1.29 is 0 Å². The molecule has 0 fully saturated rings. The van der Waals surface area contributed by atoms with Crippen molar-refractivity contribution in [3.05, 3.63) is 60.2 Å². The molecule has 0 bridgehead atoms. The van der Waals surface area contributed by atoms with Crippen LogP contribution in [0.5, 0.6) is 0 Å². The summed E-state index contributed by atoms with van der Waals surface area (Å²) in [6.07, 6.45) is 3.50. The minimum absolute atomic E-state index is 0.663. The summed E-state index contributed by atoms with van der Waals surface area (Å²) in [7, 11) is 0. The van der Waals surface area contributed by atoms with Crippen LogP contribution in [0.3, 0.4) is 0 Å². The van der Waals surface area contributed by atoms with Gasteiger partial charge >= 0.3 is 0 Å². The Labute approximate surface area is 125 Å². The number of imidazole rings is 1. The number of thiazole rings is 1. The van der Waals surface area contributed by atoms with Crippen molar-refractivity contribution in [2.45, 2.75) is 0 Å². The molecule has 0 aliphatic carbocycles. The van der Waals surface area contributed by atoms with Crippen molar-refractivity contribution in [3.8, 4) is 22.5 Å². The first-order valence-electron chi connectivity index (χ1n) is 6.56. The monoisotopic (exact) mass is 292 g/mol. The number of nitrogens with two attached hydrogens (primary N) is 1. The topological polar surface area (TPSA) is 56.2 Å². The minimum atomic E-state index is 0.663. The fraction of sp³-hybridized carbons (Fsp3) is 0. The van der Waals surface area contributed by atoms with Gasteiger partial charge in [-0.15, -0.1) is 11.3 Å². The summed E-state index contributed by atoms with van der Waals surface area (Å²) in [6.45, 7) is 0. The Morgan fingerprint density at radius 2 is 1.71 bits per heavy atom. The fourth-order valence-electron chi connectivity index (χ4n) is 2.41. The molecule has 0 unspecified atom stereocenters. The third-order valence-corrected chi connectivity index (χ3v) is 4.25. The molecule has 0 spiro atoms. The van der Waals surface area contributed by atoms with Gasteiger partial charge in [0.15, 0.2) is 4.96 Å². The third kappa shape index (κ3) is 1.90. The maximum absolute atomic E-state index is 6.34. The van der Waals surface area contributed by atoms with Crippen molar-refractivity contribution >= 4 is 22.1 Å². The second kappa shape index (κ2) is 4.71. The molecule has 0 aliphatic heterocycles. The molecule has 4 nitrogen and oxygen atoms in total. The zero-order valence-electron chi connectivity index (χ0n) is 11.1. The molecular weight excluding hydrogens is 280 g/mol. The Kier molecular flexibility index (Phi) is 2.72. The number of fused-ring (bicyclic) bond motifs is 1. The van der Waals surface area contributed by atoms with Gasteiger partial charge in [0.1, 0.15) is 11.5 Å². The van der Waals surface area contributed by atoms with Crippen LogP contribution in [0.4, 0.5) is 5.82 Å². The summed E-state index contributed by atoms with van der Waals surface area (Å²) in [5.41, 5.74) is 10.3. The molecule has 0 aliphatic rings. The van der Waals surface area contributed by atoms with Gasteiger partial charge < -0.3 is 5.73 Å². The van der Waals surface area contributed by atoms with Gasteiger partial charge in [-0.05, 0) is 17.7 Å². The van der Waals surface area contributed by atoms with Crippen LogP contribution in [-0.4, -0.2) is 14.4 Å². The van der Waals surface area contributed by atoms with E-state index in [0.29, 0.717) is 5.82 Å². The van der Waals surface area contributed by atoms with Gasteiger partial charge in [0, 0.05) is 23.3 Å². The van der Waals surface area contributed by atoms with Crippen LogP contribution in [-0.2, 0) is 0 Å². The molecular formula is C16H12N4S. The summed E-state index contributed by atoms with van der Waals surface area (Å²) in [5.74, 6) is 0.663. The van der Waals surface area contributed by atoms with Crippen molar-refractivity contribution in [1.82, 2.24) is 14.4 Å². The summed E-state index contributed by atoms with van der Waals surface area (Å²) in [6, 6.07) is 14.0. The van der Waals surface area contributed by atoms with E-state index in [9.17, 15) is 0 Å². The van der Waals surface area contributed by atoms with E-state index in [1.807, 2.05) is 34.7 Å². The van der Waals surface area contributed by atoms with Crippen LogP contribution in [0.25, 0.3) is 27.5 Å². The number of nitrogen functional groups attached to an aromatic ring is 1. The highest BCUT2D eigenvalue weighted by atomic mass is 32.1. The lowest BCUT2D eigenvalue weighted by Gasteiger charge is -2.02. The van der Waals surface area contributed by atoms with Crippen molar-refractivity contribution in [2.24, 2.45) is 0 Å². The van der Waals surface area contributed by atoms with E-state index in [1.54, 1.807) is 23.7 Å². The summed E-state index contributed by atoms with van der Waals surface area (Å²) in [5, 5.41) is 2.09. The molecule has 2 N–H and O–H groups in total. The third-order valence-electron chi connectivity index (χ3n) is 3.42. The quantitative estimate of drug-likeness (QED) is 0.613. The molecule has 0 atom stereocenters. The van der Waals surface area contributed by atoms with Gasteiger partial charge in [-0.3, -0.25) is 9.38 Å². The standard InChI is InChI=1S/C16H12N4S/c17-15-14(12-6-8-18-9-7-12)19-16-20(15)13(10-21-16)11-4-2-1-3-5-11/h1-10H,17H2. The SMILES string of the molecule is Nc1c(-c2ccncc2)nc2scc(-c3ccccc3)n12. The highest BCUT2D eigenvalue weighted by Gasteiger charge is 2.16. The summed E-state index contributed by atoms with van der Waals surface area (Å²) < 4.78 is 2.01. The molecule has 5 heteroatoms. The van der Waals surface area contributed by atoms with Gasteiger partial charge in [0.2, 0.25) is 0 Å². The number of hydrogen-bond acceptors (Lipinski definition) is 4. The van der Waals surface area contributed by atoms with Crippen LogP contribution in [0.1, 0.15) is 0 Å². The Bertz CT molecular complexity index is 894. The number of rotatable bonds is 2. The minimum Gasteiger partial charge on any atom is -0.383 e. The highest BCUT2D eigenvalue weighted by Crippen LogP contribution is 2.33. The van der Waals surface area contributed by atoms with E-state index in [-0.39, 0.29) is 0 Å². The van der Waals surface area contributed by atoms with Gasteiger partial charge in [-0.1, -0.05) is 30.3 Å². The lowest BCUT2D eigenvalue weighted by molar-refractivity contribution is 1.24. The van der Waals surface area contributed by atoms with Crippen LogP contribution in [0.15, 0.2) is 60.2 Å². The highest BCUT2D eigenvalue weighted by molar-refractivity contribution is 7.15. The van der Waals surface area contributed by atoms with Crippen LogP contribution in [0.2, 0.25) is 0 Å². The molecule has 3 aromatic heterocycles. The molecule has 0 saturated carbocycles. The molecule has 0 amide bonds. The number of anilines is 1. The van der Waals surface area contributed by atoms with Gasteiger partial charge in [-0.2, -0.15) is 0 Å². The summed E-state index contributed by atoms with van der Waals surface area (Å²) >= 11 is 1.59. The van der Waals surface area contributed by atoms with E-state index >= 15 is 0 Å². The number of aromatic nitrogens is 3. The second-order valence-electron chi connectivity index (χ2n) is 4.69. The molecule has 1 aromatic carbocycles. The lowest BCUT2D eigenvalue weighted by Crippen LogP contribution is -1.95. The average molecular weight is 292 g/mol. The van der Waals surface area contributed by atoms with Crippen LogP contribution < -0.4 is 5.73 Å². The van der Waals surface area contributed by atoms with Crippen LogP contribution in [0, 0.1) is 0 Å². The number of benzene rings is 1. The molecule has 0 saturated heterocycles. The van der Waals surface area contributed by atoms with Crippen molar-refractivity contribution in [2.75, 3.05) is 5.73 Å². The summed E-state index contributed by atoms with van der Waals surface area (Å²) in [4.78, 5) is 9.59. The number of pyridine rings is 1. The predicted molar refractivity (Wildman–Crippen MR) is 86.1 cm³/mol. The van der Waals surface area contributed by atoms with E-state index in [2.05, 4.69) is 27.5 Å². The first-order chi connectivity index (χ1) is 10.3. The Balaban J connectivity index is 1.95. The first-order valence-corrected chi connectivity index (χ1v) is 7.44. The predicted octanol–water partition coefficient (Wildman–Crippen LogP) is 3.71. The van der Waals surface area contributed by atoms with Gasteiger partial charge in [0.25, 0.3) is 0 Å². The van der Waals surface area contributed by atoms with Gasteiger partial charge in [0.05, 0.1) is 5.69 Å². The fourth-order valence-corrected chi connectivity index (χ4v) is 3.32. The molecule has 0 radical (unpaired) electrons. The number of hydrogen-bond donors (Lipinski definition) is 1. The van der Waals surface area contributed by atoms with E-state index < -0.39 is 0 Å². The Hall–Kier alpha value is -2.66. The van der Waals surface area contributed by atoms with E-state index in [0.717, 1.165) is 27.5 Å². The van der Waals surface area contributed by atoms with E-state index in [1.165, 1.54) is 0 Å². The first kappa shape index (κ1) is 12.1. The van der Waals surface area contributed by atoms with Crippen molar-refractivity contribution in [3.63, 3.8) is 0 Å². The maximum Gasteiger partial charge on any atom is 0.196 e. The molecule has 4 rings (SSSR count). The molecule has 102 valence electrons. The van der Waals surface area contributed by atoms with Gasteiger partial charge in [-0.25, -0.2) is 4.98 Å². The smallest absolute Gasteiger partial charge is 0.196 e. The molecule has 3 heterocycles.